The fourth-order valence-corrected chi connectivity index (χ4v) is 9.03. The number of aromatic nitrogens is 6. The molecule has 0 aliphatic heterocycles. The van der Waals surface area contributed by atoms with Crippen molar-refractivity contribution in [1.82, 2.24) is 38.2 Å². The summed E-state index contributed by atoms with van der Waals surface area (Å²) >= 11 is 5.91. The summed E-state index contributed by atoms with van der Waals surface area (Å²) in [4.78, 5) is 108. The summed E-state index contributed by atoms with van der Waals surface area (Å²) in [6.45, 7) is 0.707. The van der Waals surface area contributed by atoms with Gasteiger partial charge in [0.05, 0.1) is 29.2 Å². The van der Waals surface area contributed by atoms with Gasteiger partial charge in [0.1, 0.15) is 63.4 Å². The molecular weight excluding hydrogens is 1160 g/mol. The van der Waals surface area contributed by atoms with E-state index in [-0.39, 0.29) is 34.7 Å². The Morgan fingerprint density at radius 1 is 0.635 bits per heavy atom. The number of hydrogen-bond donors (Lipinski definition) is 9. The van der Waals surface area contributed by atoms with Crippen LogP contribution in [0.5, 0.6) is 11.5 Å². The van der Waals surface area contributed by atoms with Crippen molar-refractivity contribution in [2.24, 2.45) is 5.73 Å². The van der Waals surface area contributed by atoms with Gasteiger partial charge in [-0.15, -0.1) is 0 Å². The predicted octanol–water partition coefficient (Wildman–Crippen LogP) is 4.28. The van der Waals surface area contributed by atoms with Gasteiger partial charge in [-0.3, -0.25) is 52.2 Å². The summed E-state index contributed by atoms with van der Waals surface area (Å²) in [6.07, 6.45) is 2.15. The number of nitrogens with two attached hydrogens (primary N) is 1. The number of aromatic hydroxyl groups is 2. The summed E-state index contributed by atoms with van der Waals surface area (Å²) in [6, 6.07) is 16.9. The lowest BCUT2D eigenvalue weighted by Crippen LogP contribution is -2.51. The number of nitrogens with one attached hydrogen (secondary N) is 2. The average Bonchev–Trinajstić information content (AvgIpc) is 2.06. The normalized spacial score (nSPS) is 12.1. The van der Waals surface area contributed by atoms with Crippen LogP contribution in [-0.4, -0.2) is 107 Å². The van der Waals surface area contributed by atoms with Gasteiger partial charge in [0.15, 0.2) is 17.5 Å². The first-order valence-corrected chi connectivity index (χ1v) is 25.6. The number of hydrogen-bond acceptors (Lipinski definition) is 13. The van der Waals surface area contributed by atoms with E-state index in [9.17, 15) is 80.4 Å². The van der Waals surface area contributed by atoms with E-state index in [1.165, 1.54) is 74.5 Å². The van der Waals surface area contributed by atoms with Gasteiger partial charge in [-0.05, 0) is 84.3 Å². The molecule has 6 aromatic heterocycles. The number of aliphatic hydroxyl groups is 1. The zero-order valence-electron chi connectivity index (χ0n) is 44.1. The van der Waals surface area contributed by atoms with Crippen molar-refractivity contribution < 1.29 is 76.6 Å². The Morgan fingerprint density at radius 3 is 1.75 bits per heavy atom. The standard InChI is InChI=1S/C21H15F2N3O5.C18H13ClF3N3O5.C16H21N3O5/c22-13-3-1-11(2-4-13)10-25-21(31)18(20(30)24-9-17(27)28)19(29)16-8-12-7-14(23)5-6-15(12)26(16)25;19-10-5-11-14(26)12(15(27)13(23)17(29)30)16(28)25(24(11)7-10)6-8-1-3-9(4-2-8)18(20,21)22;1-2-3-4-5-8-19-16(24)13(15(23)17-10-12(20)21)14(22)11-7-6-9-18(11)19/h1-8,29H,9-10H2,(H,24,30)(H,27,28);1-5,7,13,27H,6,23H2,(H,29,30);6-7,9,22H,2-5,8,10H2,1H3,(H,17,23)(H,20,21). The number of aliphatic carboxylic acids is 3. The number of carboxylic acid groups (broad SMARTS) is 3. The van der Waals surface area contributed by atoms with Gasteiger partial charge < -0.3 is 47.0 Å². The maximum absolute atomic E-state index is 13.7. The van der Waals surface area contributed by atoms with E-state index in [2.05, 4.69) is 17.6 Å². The van der Waals surface area contributed by atoms with Crippen LogP contribution in [0.1, 0.15) is 70.0 Å². The van der Waals surface area contributed by atoms with Crippen LogP contribution in [-0.2, 0) is 40.2 Å². The number of aliphatic hydroxyl groups excluding tert-OH is 1. The SMILES string of the molecule is CCCCCCn1c(=O)c(C(=O)NCC(=O)O)c(O)c2cccn21.NC(C(=O)O)C(O)=c1c(=O)c2cc(Cl)cn2n(Cc2ccc(C(F)(F)F)cc2)c1=O.O=C(O)CNC(=O)c1c(O)c2cc3cc(F)ccc3n2n(Cc2ccc(F)cc2)c1=O. The van der Waals surface area contributed by atoms with Crippen molar-refractivity contribution in [2.75, 3.05) is 13.1 Å². The van der Waals surface area contributed by atoms with Crippen LogP contribution in [0.15, 0.2) is 123 Å². The number of halogens is 6. The molecule has 9 aromatic rings. The van der Waals surface area contributed by atoms with E-state index >= 15 is 0 Å². The Balaban J connectivity index is 0.000000184. The van der Waals surface area contributed by atoms with Crippen LogP contribution in [0.25, 0.3) is 33.2 Å². The number of fused-ring (bicyclic) bond motifs is 5. The fraction of sp³-hybridized carbons (Fsp3) is 0.218. The number of unbranched alkanes of at least 4 members (excludes halogenated alkanes) is 3. The highest BCUT2D eigenvalue weighted by Crippen LogP contribution is 2.31. The van der Waals surface area contributed by atoms with Gasteiger partial charge in [-0.25, -0.2) is 27.3 Å². The third-order valence-electron chi connectivity index (χ3n) is 12.9. The van der Waals surface area contributed by atoms with Crippen molar-refractivity contribution in [3.8, 4) is 11.5 Å². The third-order valence-corrected chi connectivity index (χ3v) is 13.1. The smallest absolute Gasteiger partial charge is 0.416 e. The van der Waals surface area contributed by atoms with E-state index in [0.717, 1.165) is 63.8 Å². The molecule has 3 aromatic carbocycles. The number of amides is 2. The van der Waals surface area contributed by atoms with Gasteiger partial charge in [-0.1, -0.05) is 62.1 Å². The minimum absolute atomic E-state index is 0.0442. The minimum atomic E-state index is -4.54. The maximum atomic E-state index is 13.7. The van der Waals surface area contributed by atoms with Crippen molar-refractivity contribution in [3.05, 3.63) is 194 Å². The van der Waals surface area contributed by atoms with Gasteiger partial charge in [0.2, 0.25) is 5.43 Å². The minimum Gasteiger partial charge on any atom is -0.509 e. The molecule has 30 heteroatoms. The first-order valence-electron chi connectivity index (χ1n) is 25.2. The van der Waals surface area contributed by atoms with Crippen molar-refractivity contribution in [1.29, 1.82) is 0 Å². The molecule has 0 bridgehead atoms. The number of alkyl halides is 3. The fourth-order valence-electron chi connectivity index (χ4n) is 8.84. The van der Waals surface area contributed by atoms with Crippen LogP contribution >= 0.6 is 11.6 Å². The van der Waals surface area contributed by atoms with Gasteiger partial charge in [-0.2, -0.15) is 13.2 Å². The molecule has 0 spiro atoms. The molecule has 0 saturated carbocycles. The zero-order valence-corrected chi connectivity index (χ0v) is 44.9. The van der Waals surface area contributed by atoms with E-state index in [1.54, 1.807) is 18.3 Å². The number of carbonyl (C=O) groups is 5. The van der Waals surface area contributed by atoms with E-state index in [4.69, 9.17) is 32.7 Å². The molecule has 9 rings (SSSR count). The van der Waals surface area contributed by atoms with Crippen LogP contribution in [0.2, 0.25) is 5.02 Å². The molecule has 0 saturated heterocycles. The van der Waals surface area contributed by atoms with Gasteiger partial charge >= 0.3 is 24.1 Å². The quantitative estimate of drug-likeness (QED) is 0.0454. The number of carbonyl (C=O) groups excluding carboxylic acids is 2. The van der Waals surface area contributed by atoms with E-state index in [0.29, 0.717) is 28.5 Å². The Labute approximate surface area is 477 Å². The molecule has 1 unspecified atom stereocenters. The number of rotatable bonds is 17. The van der Waals surface area contributed by atoms with E-state index < -0.39 is 128 Å². The molecule has 2 amide bonds. The van der Waals surface area contributed by atoms with Crippen LogP contribution in [0.4, 0.5) is 22.0 Å². The zero-order chi connectivity index (χ0) is 62.4. The first kappa shape index (κ1) is 62.3. The molecule has 0 aliphatic rings. The van der Waals surface area contributed by atoms with E-state index in [1.807, 2.05) is 0 Å². The summed E-state index contributed by atoms with van der Waals surface area (Å²) < 4.78 is 72.6. The predicted molar refractivity (Wildman–Crippen MR) is 294 cm³/mol. The molecule has 446 valence electrons. The summed E-state index contributed by atoms with van der Waals surface area (Å²) in [5, 5.41) is 61.2. The second-order valence-corrected chi connectivity index (χ2v) is 19.1. The Hall–Kier alpha value is -10.3. The first-order chi connectivity index (χ1) is 40.1. The average molecular weight is 1210 g/mol. The molecule has 1 atom stereocenters. The molecular formula is C55H49ClF5N9O15. The highest BCUT2D eigenvalue weighted by molar-refractivity contribution is 6.31. The summed E-state index contributed by atoms with van der Waals surface area (Å²) in [5.41, 5.74) is 1.11. The summed E-state index contributed by atoms with van der Waals surface area (Å²) in [5.74, 6) is -9.46. The Bertz CT molecular complexity index is 4400. The van der Waals surface area contributed by atoms with Crippen molar-refractivity contribution >= 4 is 74.5 Å². The molecule has 85 heavy (non-hydrogen) atoms. The lowest BCUT2D eigenvalue weighted by molar-refractivity contribution is -0.138. The lowest BCUT2D eigenvalue weighted by Gasteiger charge is -2.15. The molecule has 0 radical (unpaired) electrons. The monoisotopic (exact) mass is 1210 g/mol. The van der Waals surface area contributed by atoms with Crippen molar-refractivity contribution in [3.63, 3.8) is 0 Å². The second-order valence-electron chi connectivity index (χ2n) is 18.7. The Morgan fingerprint density at radius 2 is 1.19 bits per heavy atom. The molecule has 6 heterocycles. The molecule has 0 fully saturated rings. The van der Waals surface area contributed by atoms with Crippen LogP contribution < -0.4 is 43.7 Å². The molecule has 24 nitrogen and oxygen atoms in total. The Kier molecular flexibility index (Phi) is 19.0. The largest absolute Gasteiger partial charge is 0.509 e. The highest BCUT2D eigenvalue weighted by atomic mass is 35.5. The number of carboxylic acids is 3. The lowest BCUT2D eigenvalue weighted by atomic mass is 10.1. The third kappa shape index (κ3) is 13.6. The second kappa shape index (κ2) is 25.9. The van der Waals surface area contributed by atoms with Gasteiger partial charge in [0, 0.05) is 24.3 Å². The van der Waals surface area contributed by atoms with Gasteiger partial charge in [0.25, 0.3) is 28.5 Å². The van der Waals surface area contributed by atoms with Crippen LogP contribution in [0, 0.1) is 11.6 Å². The van der Waals surface area contributed by atoms with Crippen molar-refractivity contribution in [2.45, 2.75) is 64.5 Å². The van der Waals surface area contributed by atoms with Crippen LogP contribution in [0.3, 0.4) is 0 Å². The molecule has 0 aliphatic carbocycles. The number of benzene rings is 3. The number of nitrogens with zero attached hydrogens (tertiary/aromatic N) is 6. The highest BCUT2D eigenvalue weighted by Gasteiger charge is 2.31. The topological polar surface area (TPSA) is 353 Å². The maximum Gasteiger partial charge on any atom is 0.416 e. The summed E-state index contributed by atoms with van der Waals surface area (Å²) in [7, 11) is 0. The molecule has 10 N–H and O–H groups in total. The number of aryl methyl sites for hydroxylation is 1.